The molecule has 0 fully saturated rings. The van der Waals surface area contributed by atoms with Crippen LogP contribution >= 0.6 is 0 Å². The van der Waals surface area contributed by atoms with E-state index in [2.05, 4.69) is 6.92 Å². The third-order valence-corrected chi connectivity index (χ3v) is 1.01. The number of aliphatic hydroxyl groups excluding tert-OH is 1. The Morgan fingerprint density at radius 1 is 1.71 bits per heavy atom. The third-order valence-electron chi connectivity index (χ3n) is 1.01. The molecule has 1 unspecified atom stereocenters. The van der Waals surface area contributed by atoms with Gasteiger partial charge in [-0.2, -0.15) is 0 Å². The van der Waals surface area contributed by atoms with Crippen LogP contribution in [0.2, 0.25) is 0 Å². The molecule has 0 amide bonds. The minimum atomic E-state index is -0.113. The molecule has 0 aliphatic rings. The molecule has 0 heterocycles. The summed E-state index contributed by atoms with van der Waals surface area (Å²) in [5.74, 6) is 0. The Kier molecular flexibility index (Phi) is 4.10. The van der Waals surface area contributed by atoms with Gasteiger partial charge < -0.3 is 5.11 Å². The van der Waals surface area contributed by atoms with Gasteiger partial charge in [-0.1, -0.05) is 20.3 Å². The molecule has 0 bridgehead atoms. The Morgan fingerprint density at radius 2 is 2.29 bits per heavy atom. The molecule has 0 aliphatic heterocycles. The predicted molar refractivity (Wildman–Crippen MR) is 30.9 cm³/mol. The van der Waals surface area contributed by atoms with E-state index in [0.29, 0.717) is 0 Å². The van der Waals surface area contributed by atoms with Crippen LogP contribution < -0.4 is 0 Å². The Bertz CT molecular complexity index is 35.2. The van der Waals surface area contributed by atoms with Gasteiger partial charge in [0.2, 0.25) is 0 Å². The molecular formula is C6H13O. The van der Waals surface area contributed by atoms with Crippen molar-refractivity contribution < 1.29 is 5.11 Å². The number of aliphatic hydroxyl groups is 1. The van der Waals surface area contributed by atoms with Gasteiger partial charge in [-0.25, -0.2) is 0 Å². The normalized spacial score (nSPS) is 14.1. The van der Waals surface area contributed by atoms with Crippen LogP contribution in [0.4, 0.5) is 0 Å². The minimum Gasteiger partial charge on any atom is -0.393 e. The lowest BCUT2D eigenvalue weighted by Crippen LogP contribution is -2.01. The van der Waals surface area contributed by atoms with E-state index in [1.807, 2.05) is 6.92 Å². The van der Waals surface area contributed by atoms with E-state index in [0.717, 1.165) is 19.3 Å². The molecule has 1 N–H and O–H groups in total. The van der Waals surface area contributed by atoms with Crippen molar-refractivity contribution in [3.05, 3.63) is 6.92 Å². The van der Waals surface area contributed by atoms with Crippen LogP contribution in [0.3, 0.4) is 0 Å². The van der Waals surface area contributed by atoms with Crippen LogP contribution in [0, 0.1) is 6.92 Å². The highest BCUT2D eigenvalue weighted by Crippen LogP contribution is 1.97. The van der Waals surface area contributed by atoms with Crippen LogP contribution in [-0.4, -0.2) is 11.2 Å². The molecule has 7 heavy (non-hydrogen) atoms. The first-order valence-corrected chi connectivity index (χ1v) is 2.78. The predicted octanol–water partition coefficient (Wildman–Crippen LogP) is 1.37. The fourth-order valence-electron chi connectivity index (χ4n) is 0.440. The molecule has 0 saturated carbocycles. The van der Waals surface area contributed by atoms with Crippen LogP contribution in [-0.2, 0) is 0 Å². The van der Waals surface area contributed by atoms with Gasteiger partial charge >= 0.3 is 0 Å². The lowest BCUT2D eigenvalue weighted by molar-refractivity contribution is 0.161. The van der Waals surface area contributed by atoms with E-state index in [-0.39, 0.29) is 6.10 Å². The van der Waals surface area contributed by atoms with Gasteiger partial charge in [0, 0.05) is 0 Å². The molecule has 43 valence electrons. The molecule has 0 saturated heterocycles. The second kappa shape index (κ2) is 4.13. The highest BCUT2D eigenvalue weighted by molar-refractivity contribution is 4.51. The summed E-state index contributed by atoms with van der Waals surface area (Å²) in [5.41, 5.74) is 0. The summed E-state index contributed by atoms with van der Waals surface area (Å²) in [7, 11) is 0. The number of hydrogen-bond donors (Lipinski definition) is 1. The highest BCUT2D eigenvalue weighted by Gasteiger charge is 1.94. The Labute approximate surface area is 45.4 Å². The topological polar surface area (TPSA) is 20.2 Å². The Hall–Kier alpha value is -0.0400. The molecule has 1 radical (unpaired) electrons. The maximum absolute atomic E-state index is 8.82. The summed E-state index contributed by atoms with van der Waals surface area (Å²) in [4.78, 5) is 0. The lowest BCUT2D eigenvalue weighted by Gasteiger charge is -2.01. The second-order valence-corrected chi connectivity index (χ2v) is 1.70. The molecule has 1 heteroatoms. The average Bonchev–Trinajstić information content (AvgIpc) is 1.68. The zero-order valence-corrected chi connectivity index (χ0v) is 4.85. The van der Waals surface area contributed by atoms with Crippen molar-refractivity contribution in [2.45, 2.75) is 32.3 Å². The van der Waals surface area contributed by atoms with E-state index < -0.39 is 0 Å². The molecule has 0 spiro atoms. The van der Waals surface area contributed by atoms with Crippen LogP contribution in [0.25, 0.3) is 0 Å². The largest absolute Gasteiger partial charge is 0.393 e. The standard InChI is InChI=1S/C6H13O/c1-3-5-6(7)4-2/h6-7H,1,3-5H2,2H3. The van der Waals surface area contributed by atoms with Crippen molar-refractivity contribution in [2.24, 2.45) is 0 Å². The molecule has 0 aliphatic carbocycles. The fraction of sp³-hybridized carbons (Fsp3) is 0.833. The first-order valence-electron chi connectivity index (χ1n) is 2.78. The van der Waals surface area contributed by atoms with Gasteiger partial charge in [-0.05, 0) is 12.8 Å². The zero-order valence-electron chi connectivity index (χ0n) is 4.85. The molecule has 1 nitrogen and oxygen atoms in total. The summed E-state index contributed by atoms with van der Waals surface area (Å²) in [6.07, 6.45) is 2.43. The lowest BCUT2D eigenvalue weighted by atomic mass is 10.2. The monoisotopic (exact) mass is 101 g/mol. The van der Waals surface area contributed by atoms with Crippen molar-refractivity contribution in [1.29, 1.82) is 0 Å². The molecular weight excluding hydrogens is 88.1 g/mol. The zero-order chi connectivity index (χ0) is 5.70. The van der Waals surface area contributed by atoms with Crippen molar-refractivity contribution in [1.82, 2.24) is 0 Å². The molecule has 0 aromatic carbocycles. The number of rotatable bonds is 3. The van der Waals surface area contributed by atoms with Crippen LogP contribution in [0.1, 0.15) is 26.2 Å². The highest BCUT2D eigenvalue weighted by atomic mass is 16.3. The first kappa shape index (κ1) is 6.96. The number of hydrogen-bond acceptors (Lipinski definition) is 1. The van der Waals surface area contributed by atoms with Crippen LogP contribution in [0.5, 0.6) is 0 Å². The van der Waals surface area contributed by atoms with Crippen molar-refractivity contribution in [3.63, 3.8) is 0 Å². The van der Waals surface area contributed by atoms with Gasteiger partial charge in [0.05, 0.1) is 6.10 Å². The van der Waals surface area contributed by atoms with Crippen molar-refractivity contribution in [2.75, 3.05) is 0 Å². The molecule has 1 atom stereocenters. The van der Waals surface area contributed by atoms with E-state index in [1.54, 1.807) is 0 Å². The SMILES string of the molecule is [CH2]CCC(O)CC. The summed E-state index contributed by atoms with van der Waals surface area (Å²) < 4.78 is 0. The fourth-order valence-corrected chi connectivity index (χ4v) is 0.440. The van der Waals surface area contributed by atoms with Gasteiger partial charge in [-0.15, -0.1) is 0 Å². The van der Waals surface area contributed by atoms with E-state index in [4.69, 9.17) is 5.11 Å². The van der Waals surface area contributed by atoms with Gasteiger partial charge in [0.1, 0.15) is 0 Å². The maximum atomic E-state index is 8.82. The third kappa shape index (κ3) is 3.80. The Morgan fingerprint density at radius 3 is 2.43 bits per heavy atom. The summed E-state index contributed by atoms with van der Waals surface area (Å²) in [6.45, 7) is 5.59. The second-order valence-electron chi connectivity index (χ2n) is 1.70. The summed E-state index contributed by atoms with van der Waals surface area (Å²) in [6, 6.07) is 0. The van der Waals surface area contributed by atoms with Gasteiger partial charge in [0.25, 0.3) is 0 Å². The van der Waals surface area contributed by atoms with Crippen molar-refractivity contribution >= 4 is 0 Å². The minimum absolute atomic E-state index is 0.113. The van der Waals surface area contributed by atoms with Gasteiger partial charge in [0.15, 0.2) is 0 Å². The first-order chi connectivity index (χ1) is 3.31. The van der Waals surface area contributed by atoms with E-state index in [9.17, 15) is 0 Å². The molecule has 0 aromatic heterocycles. The maximum Gasteiger partial charge on any atom is 0.0537 e. The van der Waals surface area contributed by atoms with E-state index >= 15 is 0 Å². The quantitative estimate of drug-likeness (QED) is 0.569. The van der Waals surface area contributed by atoms with E-state index in [1.165, 1.54) is 0 Å². The van der Waals surface area contributed by atoms with Crippen molar-refractivity contribution in [3.8, 4) is 0 Å². The van der Waals surface area contributed by atoms with Crippen LogP contribution in [0.15, 0.2) is 0 Å². The smallest absolute Gasteiger partial charge is 0.0537 e. The molecule has 0 rings (SSSR count). The van der Waals surface area contributed by atoms with Gasteiger partial charge in [-0.3, -0.25) is 0 Å². The molecule has 0 aromatic rings. The Balaban J connectivity index is 2.83. The summed E-state index contributed by atoms with van der Waals surface area (Å²) >= 11 is 0. The average molecular weight is 101 g/mol. The summed E-state index contributed by atoms with van der Waals surface area (Å²) in [5, 5.41) is 8.82.